The highest BCUT2D eigenvalue weighted by molar-refractivity contribution is 9.10. The van der Waals surface area contributed by atoms with Crippen molar-refractivity contribution in [3.63, 3.8) is 0 Å². The van der Waals surface area contributed by atoms with Crippen LogP contribution < -0.4 is 15.4 Å². The van der Waals surface area contributed by atoms with Gasteiger partial charge in [0.25, 0.3) is 0 Å². The number of benzene rings is 2. The molecule has 0 radical (unpaired) electrons. The van der Waals surface area contributed by atoms with Gasteiger partial charge in [-0.15, -0.1) is 0 Å². The second-order valence-corrected chi connectivity index (χ2v) is 6.74. The van der Waals surface area contributed by atoms with Crippen LogP contribution >= 0.6 is 15.9 Å². The van der Waals surface area contributed by atoms with Gasteiger partial charge in [-0.3, -0.25) is 0 Å². The van der Waals surface area contributed by atoms with Crippen LogP contribution in [0.25, 0.3) is 5.70 Å². The van der Waals surface area contributed by atoms with Gasteiger partial charge in [-0.2, -0.15) is 0 Å². The molecule has 0 saturated heterocycles. The average Bonchev–Trinajstić information content (AvgIpc) is 2.68. The van der Waals surface area contributed by atoms with Gasteiger partial charge in [-0.05, 0) is 54.4 Å². The quantitative estimate of drug-likeness (QED) is 0.707. The minimum atomic E-state index is -0.622. The van der Waals surface area contributed by atoms with Crippen LogP contribution in [0.4, 0.5) is 4.79 Å². The van der Waals surface area contributed by atoms with Crippen molar-refractivity contribution in [1.82, 2.24) is 10.6 Å². The number of carbonyl (C=O) groups excluding carboxylic acids is 2. The van der Waals surface area contributed by atoms with Crippen molar-refractivity contribution in [3.8, 4) is 5.75 Å². The fourth-order valence-corrected chi connectivity index (χ4v) is 3.15. The maximum absolute atomic E-state index is 12.8. The number of carbonyl (C=O) groups is 2. The van der Waals surface area contributed by atoms with Crippen molar-refractivity contribution in [2.45, 2.75) is 13.0 Å². The molecule has 6 nitrogen and oxygen atoms in total. The zero-order chi connectivity index (χ0) is 19.4. The largest absolute Gasteiger partial charge is 0.497 e. The maximum Gasteiger partial charge on any atom is 0.338 e. The summed E-state index contributed by atoms with van der Waals surface area (Å²) in [6.07, 6.45) is 0. The monoisotopic (exact) mass is 430 g/mol. The van der Waals surface area contributed by atoms with Crippen molar-refractivity contribution < 1.29 is 19.1 Å². The van der Waals surface area contributed by atoms with Gasteiger partial charge in [0.05, 0.1) is 31.0 Å². The van der Waals surface area contributed by atoms with Gasteiger partial charge >= 0.3 is 12.0 Å². The normalized spacial score (nSPS) is 16.4. The highest BCUT2D eigenvalue weighted by Gasteiger charge is 2.34. The molecule has 0 bridgehead atoms. The third-order valence-electron chi connectivity index (χ3n) is 4.15. The molecule has 2 amide bonds. The molecule has 2 aromatic carbocycles. The Morgan fingerprint density at radius 2 is 1.78 bits per heavy atom. The Bertz CT molecular complexity index is 876. The number of nitrogens with one attached hydrogen (secondary N) is 2. The predicted molar refractivity (Wildman–Crippen MR) is 105 cm³/mol. The molecule has 0 fully saturated rings. The van der Waals surface area contributed by atoms with Crippen LogP contribution in [0.2, 0.25) is 0 Å². The highest BCUT2D eigenvalue weighted by atomic mass is 79.9. The van der Waals surface area contributed by atoms with Crippen LogP contribution in [0.5, 0.6) is 5.75 Å². The number of ether oxygens (including phenoxy) is 2. The van der Waals surface area contributed by atoms with Crippen molar-refractivity contribution in [2.75, 3.05) is 13.7 Å². The summed E-state index contributed by atoms with van der Waals surface area (Å²) in [5.41, 5.74) is 2.25. The first-order chi connectivity index (χ1) is 13.0. The molecule has 2 aromatic rings. The number of halogens is 1. The molecule has 7 heteroatoms. The number of hydrogen-bond acceptors (Lipinski definition) is 4. The molecule has 1 aliphatic rings. The van der Waals surface area contributed by atoms with Crippen LogP contribution in [0.15, 0.2) is 58.6 Å². The third kappa shape index (κ3) is 4.14. The van der Waals surface area contributed by atoms with E-state index in [0.29, 0.717) is 22.6 Å². The van der Waals surface area contributed by atoms with Crippen LogP contribution in [0, 0.1) is 0 Å². The van der Waals surface area contributed by atoms with E-state index in [1.54, 1.807) is 38.3 Å². The summed E-state index contributed by atoms with van der Waals surface area (Å²) < 4.78 is 11.4. The molecular weight excluding hydrogens is 412 g/mol. The second kappa shape index (κ2) is 8.26. The zero-order valence-corrected chi connectivity index (χ0v) is 16.5. The molecule has 2 N–H and O–H groups in total. The fourth-order valence-electron chi connectivity index (χ4n) is 2.88. The minimum Gasteiger partial charge on any atom is -0.497 e. The van der Waals surface area contributed by atoms with E-state index in [9.17, 15) is 9.59 Å². The average molecular weight is 431 g/mol. The van der Waals surface area contributed by atoms with Gasteiger partial charge < -0.3 is 20.1 Å². The summed E-state index contributed by atoms with van der Waals surface area (Å²) >= 11 is 3.40. The molecular formula is C20H19BrN2O4. The Balaban J connectivity index is 2.14. The Morgan fingerprint density at radius 1 is 1.11 bits per heavy atom. The standard InChI is InChI=1S/C20H19BrN2O4/c1-3-27-19(24)16-17(12-4-8-14(21)9-5-12)22-20(25)23-18(16)13-6-10-15(26-2)11-7-13/h4-11,17H,3H2,1-2H3,(H2,22,23,25)/t17-/m1/s1. The van der Waals surface area contributed by atoms with Gasteiger partial charge in [0, 0.05) is 4.47 Å². The Morgan fingerprint density at radius 3 is 2.37 bits per heavy atom. The first kappa shape index (κ1) is 19.0. The van der Waals surface area contributed by atoms with E-state index < -0.39 is 12.0 Å². The van der Waals surface area contributed by atoms with Crippen molar-refractivity contribution in [2.24, 2.45) is 0 Å². The highest BCUT2D eigenvalue weighted by Crippen LogP contribution is 2.33. The van der Waals surface area contributed by atoms with E-state index in [1.807, 2.05) is 24.3 Å². The van der Waals surface area contributed by atoms with Gasteiger partial charge in [0.15, 0.2) is 0 Å². The number of urea groups is 1. The van der Waals surface area contributed by atoms with E-state index in [0.717, 1.165) is 10.0 Å². The first-order valence-corrected chi connectivity index (χ1v) is 9.21. The third-order valence-corrected chi connectivity index (χ3v) is 4.68. The smallest absolute Gasteiger partial charge is 0.338 e. The van der Waals surface area contributed by atoms with Crippen molar-refractivity contribution >= 4 is 33.6 Å². The van der Waals surface area contributed by atoms with Crippen molar-refractivity contribution in [3.05, 3.63) is 69.7 Å². The molecule has 27 heavy (non-hydrogen) atoms. The van der Waals surface area contributed by atoms with Gasteiger partial charge in [0.1, 0.15) is 5.75 Å². The SMILES string of the molecule is CCOC(=O)C1=C(c2ccc(OC)cc2)NC(=O)N[C@@H]1c1ccc(Br)cc1. The van der Waals surface area contributed by atoms with E-state index in [4.69, 9.17) is 9.47 Å². The molecule has 0 saturated carbocycles. The number of rotatable bonds is 5. The van der Waals surface area contributed by atoms with Gasteiger partial charge in [0.2, 0.25) is 0 Å². The molecule has 140 valence electrons. The second-order valence-electron chi connectivity index (χ2n) is 5.82. The summed E-state index contributed by atoms with van der Waals surface area (Å²) in [6.45, 7) is 1.98. The maximum atomic E-state index is 12.8. The molecule has 0 aromatic heterocycles. The molecule has 1 heterocycles. The van der Waals surface area contributed by atoms with E-state index >= 15 is 0 Å². The molecule has 0 unspecified atom stereocenters. The van der Waals surface area contributed by atoms with Crippen LogP contribution in [-0.4, -0.2) is 25.7 Å². The lowest BCUT2D eigenvalue weighted by molar-refractivity contribution is -0.138. The van der Waals surface area contributed by atoms with E-state index in [1.165, 1.54) is 0 Å². The lowest BCUT2D eigenvalue weighted by atomic mass is 9.92. The summed E-state index contributed by atoms with van der Waals surface area (Å²) in [7, 11) is 1.58. The van der Waals surface area contributed by atoms with Gasteiger partial charge in [-0.25, -0.2) is 9.59 Å². The molecule has 3 rings (SSSR count). The lowest BCUT2D eigenvalue weighted by Crippen LogP contribution is -2.45. The Labute approximate surface area is 165 Å². The predicted octanol–water partition coefficient (Wildman–Crippen LogP) is 3.79. The molecule has 1 atom stereocenters. The summed E-state index contributed by atoms with van der Waals surface area (Å²) in [4.78, 5) is 25.1. The summed E-state index contributed by atoms with van der Waals surface area (Å²) in [5.74, 6) is 0.200. The number of esters is 1. The van der Waals surface area contributed by atoms with Crippen molar-refractivity contribution in [1.29, 1.82) is 0 Å². The van der Waals surface area contributed by atoms with Gasteiger partial charge in [-0.1, -0.05) is 28.1 Å². The lowest BCUT2D eigenvalue weighted by Gasteiger charge is -2.29. The molecule has 0 aliphatic carbocycles. The van der Waals surface area contributed by atoms with E-state index in [-0.39, 0.29) is 12.6 Å². The number of methoxy groups -OCH3 is 1. The molecule has 0 spiro atoms. The van der Waals surface area contributed by atoms with Crippen LogP contribution in [0.3, 0.4) is 0 Å². The number of amides is 2. The van der Waals surface area contributed by atoms with Crippen LogP contribution in [-0.2, 0) is 9.53 Å². The topological polar surface area (TPSA) is 76.7 Å². The fraction of sp³-hybridized carbons (Fsp3) is 0.200. The summed E-state index contributed by atoms with van der Waals surface area (Å²) in [6, 6.07) is 13.5. The molecule has 1 aliphatic heterocycles. The summed E-state index contributed by atoms with van der Waals surface area (Å²) in [5, 5.41) is 5.56. The Kier molecular flexibility index (Phi) is 5.81. The number of hydrogen-bond donors (Lipinski definition) is 2. The minimum absolute atomic E-state index is 0.235. The zero-order valence-electron chi connectivity index (χ0n) is 14.9. The first-order valence-electron chi connectivity index (χ1n) is 8.42. The Hall–Kier alpha value is -2.80. The van der Waals surface area contributed by atoms with Crippen LogP contribution in [0.1, 0.15) is 24.1 Å². The van der Waals surface area contributed by atoms with E-state index in [2.05, 4.69) is 26.6 Å².